The molecule has 5 N–H and O–H groups in total. The first-order valence-corrected chi connectivity index (χ1v) is 10.0. The number of ether oxygens (including phenoxy) is 1. The Balaban J connectivity index is 2.65. The lowest BCUT2D eigenvalue weighted by Gasteiger charge is -2.19. The SMILES string of the molecule is [N-]=[N+]=NC1C[C@H](O)O[C@@H]1COP(=O)(O)OP(=O)(O)OP(=O)(O)O. The van der Waals surface area contributed by atoms with Gasteiger partial charge >= 0.3 is 23.5 Å². The average Bonchev–Trinajstić information content (AvgIpc) is 2.63. The smallest absolute Gasteiger partial charge is 0.368 e. The van der Waals surface area contributed by atoms with Crippen molar-refractivity contribution in [1.29, 1.82) is 0 Å². The van der Waals surface area contributed by atoms with Gasteiger partial charge in [0.1, 0.15) is 0 Å². The van der Waals surface area contributed by atoms with Gasteiger partial charge in [0.15, 0.2) is 6.29 Å². The minimum Gasteiger partial charge on any atom is -0.368 e. The van der Waals surface area contributed by atoms with E-state index in [1.165, 1.54) is 0 Å². The topological polar surface area (TPSA) is 238 Å². The summed E-state index contributed by atoms with van der Waals surface area (Å²) >= 11 is 0. The Morgan fingerprint density at radius 2 is 1.78 bits per heavy atom. The minimum atomic E-state index is -5.61. The van der Waals surface area contributed by atoms with Crippen LogP contribution >= 0.6 is 23.5 Å². The molecule has 23 heavy (non-hydrogen) atoms. The Morgan fingerprint density at radius 3 is 2.30 bits per heavy atom. The highest BCUT2D eigenvalue weighted by molar-refractivity contribution is 7.66. The Kier molecular flexibility index (Phi) is 6.91. The van der Waals surface area contributed by atoms with Crippen LogP contribution in [0.1, 0.15) is 6.42 Å². The van der Waals surface area contributed by atoms with Gasteiger partial charge in [-0.25, -0.2) is 13.7 Å². The zero-order valence-electron chi connectivity index (χ0n) is 10.9. The average molecular weight is 399 g/mol. The molecule has 0 aliphatic carbocycles. The van der Waals surface area contributed by atoms with Crippen molar-refractivity contribution in [1.82, 2.24) is 0 Å². The predicted octanol–water partition coefficient (Wildman–Crippen LogP) is 0.116. The van der Waals surface area contributed by atoms with Crippen LogP contribution in [0.2, 0.25) is 0 Å². The highest BCUT2D eigenvalue weighted by Gasteiger charge is 2.42. The van der Waals surface area contributed by atoms with E-state index in [1.54, 1.807) is 0 Å². The predicted molar refractivity (Wildman–Crippen MR) is 68.2 cm³/mol. The van der Waals surface area contributed by atoms with Crippen molar-refractivity contribution >= 4 is 23.5 Å². The molecule has 15 nitrogen and oxygen atoms in total. The van der Waals surface area contributed by atoms with Gasteiger partial charge in [0.2, 0.25) is 0 Å². The lowest BCUT2D eigenvalue weighted by molar-refractivity contribution is -0.101. The molecule has 1 saturated heterocycles. The second-order valence-corrected chi connectivity index (χ2v) is 8.44. The lowest BCUT2D eigenvalue weighted by Crippen LogP contribution is -2.24. The van der Waals surface area contributed by atoms with Crippen LogP contribution < -0.4 is 0 Å². The Labute approximate surface area is 127 Å². The van der Waals surface area contributed by atoms with E-state index in [0.29, 0.717) is 0 Å². The van der Waals surface area contributed by atoms with E-state index in [-0.39, 0.29) is 6.42 Å². The molecule has 1 fully saturated rings. The zero-order valence-corrected chi connectivity index (χ0v) is 13.6. The summed E-state index contributed by atoms with van der Waals surface area (Å²) in [6.07, 6.45) is -2.60. The van der Waals surface area contributed by atoms with Gasteiger partial charge in [-0.05, 0) is 5.53 Å². The molecule has 0 spiro atoms. The van der Waals surface area contributed by atoms with Gasteiger partial charge in [-0.15, -0.1) is 0 Å². The summed E-state index contributed by atoms with van der Waals surface area (Å²) in [5, 5.41) is 12.5. The first-order valence-electron chi connectivity index (χ1n) is 5.50. The van der Waals surface area contributed by atoms with Crippen molar-refractivity contribution in [2.45, 2.75) is 24.9 Å². The summed E-state index contributed by atoms with van der Waals surface area (Å²) in [7, 11) is -16.4. The Bertz CT molecular complexity index is 613. The van der Waals surface area contributed by atoms with Gasteiger partial charge in [0.25, 0.3) is 0 Å². The summed E-state index contributed by atoms with van der Waals surface area (Å²) in [5.41, 5.74) is 8.31. The Hall–Kier alpha value is -0.360. The quantitative estimate of drug-likeness (QED) is 0.158. The molecule has 0 aromatic rings. The fourth-order valence-corrected chi connectivity index (χ4v) is 4.55. The van der Waals surface area contributed by atoms with Gasteiger partial charge < -0.3 is 29.4 Å². The third-order valence-electron chi connectivity index (χ3n) is 2.22. The number of phosphoric acid groups is 3. The van der Waals surface area contributed by atoms with E-state index in [1.807, 2.05) is 0 Å². The van der Waals surface area contributed by atoms with Crippen molar-refractivity contribution < 1.29 is 56.3 Å². The van der Waals surface area contributed by atoms with Crippen LogP contribution in [0.15, 0.2) is 5.11 Å². The maximum absolute atomic E-state index is 11.4. The van der Waals surface area contributed by atoms with Gasteiger partial charge in [-0.3, -0.25) is 4.52 Å². The Morgan fingerprint density at radius 1 is 1.17 bits per heavy atom. The summed E-state index contributed by atoms with van der Waals surface area (Å²) in [6.45, 7) is -0.801. The van der Waals surface area contributed by atoms with Gasteiger partial charge in [-0.2, -0.15) is 8.62 Å². The number of aliphatic hydroxyl groups is 1. The molecule has 1 rings (SSSR count). The molecule has 18 heteroatoms. The fraction of sp³-hybridized carbons (Fsp3) is 1.00. The minimum absolute atomic E-state index is 0.117. The van der Waals surface area contributed by atoms with E-state index < -0.39 is 48.5 Å². The second-order valence-electron chi connectivity index (χ2n) is 4.02. The van der Waals surface area contributed by atoms with Crippen LogP contribution in [0, 0.1) is 0 Å². The van der Waals surface area contributed by atoms with Gasteiger partial charge in [-0.1, -0.05) is 5.11 Å². The molecule has 0 radical (unpaired) electrons. The van der Waals surface area contributed by atoms with Crippen LogP contribution in [0.3, 0.4) is 0 Å². The summed E-state index contributed by atoms with van der Waals surface area (Å²) in [5.74, 6) is 0. The number of nitrogens with zero attached hydrogens (tertiary/aromatic N) is 3. The number of hydrogen-bond acceptors (Lipinski definition) is 9. The normalized spacial score (nSPS) is 30.2. The number of azide groups is 1. The van der Waals surface area contributed by atoms with Crippen molar-refractivity contribution in [2.75, 3.05) is 6.61 Å². The molecule has 0 bridgehead atoms. The first kappa shape index (κ1) is 20.7. The molecule has 1 aliphatic rings. The highest BCUT2D eigenvalue weighted by Crippen LogP contribution is 2.66. The molecular weight excluding hydrogens is 387 g/mol. The number of hydrogen-bond donors (Lipinski definition) is 5. The molecule has 0 aromatic carbocycles. The van der Waals surface area contributed by atoms with E-state index >= 15 is 0 Å². The van der Waals surface area contributed by atoms with Crippen LogP contribution in [0.5, 0.6) is 0 Å². The number of phosphoric ester groups is 1. The molecule has 134 valence electrons. The van der Waals surface area contributed by atoms with Crippen LogP contribution in [0.25, 0.3) is 10.4 Å². The lowest BCUT2D eigenvalue weighted by atomic mass is 10.1. The third kappa shape index (κ3) is 7.84. The maximum Gasteiger partial charge on any atom is 0.490 e. The highest BCUT2D eigenvalue weighted by atomic mass is 31.3. The largest absolute Gasteiger partial charge is 0.490 e. The molecule has 0 saturated carbocycles. The fourth-order valence-electron chi connectivity index (χ4n) is 1.52. The second kappa shape index (κ2) is 7.68. The first-order chi connectivity index (χ1) is 10.3. The molecule has 1 heterocycles. The van der Waals surface area contributed by atoms with Crippen LogP contribution in [-0.4, -0.2) is 49.7 Å². The van der Waals surface area contributed by atoms with Crippen LogP contribution in [-0.2, 0) is 31.6 Å². The summed E-state index contributed by atoms with van der Waals surface area (Å²) in [6, 6.07) is -0.942. The molecule has 5 atom stereocenters. The molecule has 3 unspecified atom stereocenters. The van der Waals surface area contributed by atoms with Crippen molar-refractivity contribution in [3.8, 4) is 0 Å². The molecule has 0 aromatic heterocycles. The third-order valence-corrected chi connectivity index (χ3v) is 6.02. The summed E-state index contributed by atoms with van der Waals surface area (Å²) < 4.78 is 49.1. The van der Waals surface area contributed by atoms with E-state index in [2.05, 4.69) is 23.2 Å². The van der Waals surface area contributed by atoms with Gasteiger partial charge in [0.05, 0.1) is 18.8 Å². The van der Waals surface area contributed by atoms with Crippen LogP contribution in [0.4, 0.5) is 0 Å². The maximum atomic E-state index is 11.4. The van der Waals surface area contributed by atoms with Crippen molar-refractivity contribution in [3.63, 3.8) is 0 Å². The molecule has 1 aliphatic heterocycles. The van der Waals surface area contributed by atoms with E-state index in [9.17, 15) is 23.7 Å². The number of aliphatic hydroxyl groups excluding tert-OH is 1. The van der Waals surface area contributed by atoms with Gasteiger partial charge in [0, 0.05) is 11.3 Å². The van der Waals surface area contributed by atoms with Crippen molar-refractivity contribution in [3.05, 3.63) is 10.4 Å². The molecular formula is C5H12N3O12P3. The number of rotatable bonds is 8. The summed E-state index contributed by atoms with van der Waals surface area (Å²) in [4.78, 5) is 37.3. The van der Waals surface area contributed by atoms with E-state index in [4.69, 9.17) is 24.9 Å². The molecule has 0 amide bonds. The zero-order chi connectivity index (χ0) is 17.9. The van der Waals surface area contributed by atoms with Crippen molar-refractivity contribution in [2.24, 2.45) is 5.11 Å². The standard InChI is InChI=1S/C5H12N3O12P3/c6-8-7-3-1-5(9)18-4(3)2-17-22(13,14)20-23(15,16)19-21(10,11)12/h3-5,9H,1-2H2,(H,13,14)(H,15,16)(H2,10,11,12)/t3?,4-,5-/m1/s1. The van der Waals surface area contributed by atoms with E-state index in [0.717, 1.165) is 0 Å². The monoisotopic (exact) mass is 399 g/mol.